The van der Waals surface area contributed by atoms with Gasteiger partial charge in [0, 0.05) is 23.7 Å². The maximum atomic E-state index is 12.1. The number of amides is 2. The first kappa shape index (κ1) is 18.1. The number of nitrogens with one attached hydrogen (secondary N) is 1. The van der Waals surface area contributed by atoms with Gasteiger partial charge in [-0.3, -0.25) is 9.59 Å². The molecule has 26 heavy (non-hydrogen) atoms. The zero-order chi connectivity index (χ0) is 18.5. The van der Waals surface area contributed by atoms with Gasteiger partial charge in [-0.25, -0.2) is 0 Å². The fourth-order valence-corrected chi connectivity index (χ4v) is 2.93. The Kier molecular flexibility index (Phi) is 5.63. The van der Waals surface area contributed by atoms with Crippen LogP contribution < -0.4 is 19.7 Å². The van der Waals surface area contributed by atoms with E-state index in [1.807, 2.05) is 12.1 Å². The maximum Gasteiger partial charge on any atom is 0.262 e. The predicted octanol–water partition coefficient (Wildman–Crippen LogP) is 3.49. The molecule has 7 heteroatoms. The molecular weight excluding hydrogens is 356 g/mol. The molecular formula is C19H19ClN2O4. The molecule has 6 nitrogen and oxygen atoms in total. The van der Waals surface area contributed by atoms with Crippen molar-refractivity contribution in [3.05, 3.63) is 47.5 Å². The van der Waals surface area contributed by atoms with Crippen molar-refractivity contribution in [1.82, 2.24) is 0 Å². The zero-order valence-electron chi connectivity index (χ0n) is 14.3. The second kappa shape index (κ2) is 8.10. The first-order chi connectivity index (χ1) is 12.6. The van der Waals surface area contributed by atoms with Gasteiger partial charge in [0.2, 0.25) is 5.91 Å². The van der Waals surface area contributed by atoms with E-state index in [0.717, 1.165) is 18.7 Å². The fourth-order valence-electron chi connectivity index (χ4n) is 2.76. The summed E-state index contributed by atoms with van der Waals surface area (Å²) in [4.78, 5) is 25.6. The Hall–Kier alpha value is -2.73. The van der Waals surface area contributed by atoms with Crippen LogP contribution in [0.25, 0.3) is 0 Å². The number of carbonyl (C=O) groups is 2. The number of carbonyl (C=O) groups excluding carboxylic acids is 2. The Bertz CT molecular complexity index is 808. The third-order valence-electron chi connectivity index (χ3n) is 4.03. The summed E-state index contributed by atoms with van der Waals surface area (Å²) >= 11 is 5.94. The minimum atomic E-state index is -0.329. The molecule has 0 spiro atoms. The van der Waals surface area contributed by atoms with Crippen LogP contribution in [0.3, 0.4) is 0 Å². The van der Waals surface area contributed by atoms with Gasteiger partial charge in [-0.1, -0.05) is 11.6 Å². The van der Waals surface area contributed by atoms with Gasteiger partial charge in [-0.05, 0) is 48.9 Å². The highest BCUT2D eigenvalue weighted by molar-refractivity contribution is 6.31. The lowest BCUT2D eigenvalue weighted by Crippen LogP contribution is -2.23. The maximum absolute atomic E-state index is 12.1. The number of benzene rings is 2. The van der Waals surface area contributed by atoms with Gasteiger partial charge in [0.15, 0.2) is 6.61 Å². The van der Waals surface area contributed by atoms with E-state index in [1.165, 1.54) is 7.11 Å². The van der Waals surface area contributed by atoms with Crippen molar-refractivity contribution in [2.45, 2.75) is 12.8 Å². The lowest BCUT2D eigenvalue weighted by molar-refractivity contribution is -0.118. The minimum Gasteiger partial charge on any atom is -0.495 e. The summed E-state index contributed by atoms with van der Waals surface area (Å²) in [6.07, 6.45) is 1.47. The molecule has 2 aromatic carbocycles. The van der Waals surface area contributed by atoms with Crippen LogP contribution in [0.15, 0.2) is 42.5 Å². The number of methoxy groups -OCH3 is 1. The smallest absolute Gasteiger partial charge is 0.262 e. The van der Waals surface area contributed by atoms with Gasteiger partial charge in [-0.2, -0.15) is 0 Å². The first-order valence-corrected chi connectivity index (χ1v) is 8.61. The number of nitrogens with zero attached hydrogens (tertiary/aromatic N) is 1. The first-order valence-electron chi connectivity index (χ1n) is 8.23. The van der Waals surface area contributed by atoms with E-state index in [9.17, 15) is 9.59 Å². The van der Waals surface area contributed by atoms with Crippen molar-refractivity contribution in [2.75, 3.05) is 30.5 Å². The summed E-state index contributed by atoms with van der Waals surface area (Å²) in [7, 11) is 1.52. The SMILES string of the molecule is COc1ccc(Cl)cc1NC(=O)COc1ccc(N2CCCC2=O)cc1. The van der Waals surface area contributed by atoms with E-state index in [4.69, 9.17) is 21.1 Å². The Morgan fingerprint density at radius 3 is 2.65 bits per heavy atom. The number of hydrogen-bond acceptors (Lipinski definition) is 4. The van der Waals surface area contributed by atoms with Crippen molar-refractivity contribution >= 4 is 34.8 Å². The Morgan fingerprint density at radius 1 is 1.23 bits per heavy atom. The largest absolute Gasteiger partial charge is 0.495 e. The average molecular weight is 375 g/mol. The number of halogens is 1. The van der Waals surface area contributed by atoms with Crippen molar-refractivity contribution in [1.29, 1.82) is 0 Å². The highest BCUT2D eigenvalue weighted by Crippen LogP contribution is 2.28. The number of ether oxygens (including phenoxy) is 2. The summed E-state index contributed by atoms with van der Waals surface area (Å²) < 4.78 is 10.7. The topological polar surface area (TPSA) is 67.9 Å². The third-order valence-corrected chi connectivity index (χ3v) is 4.26. The fraction of sp³-hybridized carbons (Fsp3) is 0.263. The van der Waals surface area contributed by atoms with Gasteiger partial charge >= 0.3 is 0 Å². The van der Waals surface area contributed by atoms with Crippen molar-refractivity contribution < 1.29 is 19.1 Å². The monoisotopic (exact) mass is 374 g/mol. The van der Waals surface area contributed by atoms with Crippen molar-refractivity contribution in [2.24, 2.45) is 0 Å². The molecule has 0 unspecified atom stereocenters. The lowest BCUT2D eigenvalue weighted by Gasteiger charge is -2.16. The summed E-state index contributed by atoms with van der Waals surface area (Å²) in [5.74, 6) is 0.869. The molecule has 0 aliphatic carbocycles. The molecule has 0 saturated carbocycles. The van der Waals surface area contributed by atoms with Gasteiger partial charge in [0.05, 0.1) is 12.8 Å². The van der Waals surface area contributed by atoms with Crippen molar-refractivity contribution in [3.63, 3.8) is 0 Å². The molecule has 1 aliphatic rings. The lowest BCUT2D eigenvalue weighted by atomic mass is 10.3. The van der Waals surface area contributed by atoms with Crippen LogP contribution in [0.2, 0.25) is 5.02 Å². The van der Waals surface area contributed by atoms with Crippen LogP contribution in [0.4, 0.5) is 11.4 Å². The van der Waals surface area contributed by atoms with Crippen LogP contribution in [0.1, 0.15) is 12.8 Å². The van der Waals surface area contributed by atoms with E-state index < -0.39 is 0 Å². The molecule has 0 aromatic heterocycles. The molecule has 1 saturated heterocycles. The van der Waals surface area contributed by atoms with E-state index >= 15 is 0 Å². The normalized spacial score (nSPS) is 13.6. The molecule has 2 amide bonds. The van der Waals surface area contributed by atoms with Crippen LogP contribution in [-0.4, -0.2) is 32.1 Å². The van der Waals surface area contributed by atoms with Crippen LogP contribution in [0, 0.1) is 0 Å². The van der Waals surface area contributed by atoms with Crippen molar-refractivity contribution in [3.8, 4) is 11.5 Å². The molecule has 1 heterocycles. The Balaban J connectivity index is 1.56. The Labute approximate surface area is 156 Å². The molecule has 0 atom stereocenters. The number of hydrogen-bond donors (Lipinski definition) is 1. The summed E-state index contributed by atoms with van der Waals surface area (Å²) in [5, 5.41) is 3.20. The Morgan fingerprint density at radius 2 is 2.00 bits per heavy atom. The molecule has 1 N–H and O–H groups in total. The summed E-state index contributed by atoms with van der Waals surface area (Å²) in [6, 6.07) is 12.1. The molecule has 1 aliphatic heterocycles. The molecule has 0 bridgehead atoms. The van der Waals surface area contributed by atoms with Gasteiger partial charge in [0.1, 0.15) is 11.5 Å². The van der Waals surface area contributed by atoms with E-state index in [0.29, 0.717) is 28.6 Å². The second-order valence-corrected chi connectivity index (χ2v) is 6.26. The molecule has 0 radical (unpaired) electrons. The second-order valence-electron chi connectivity index (χ2n) is 5.82. The standard InChI is InChI=1S/C19H19ClN2O4/c1-25-17-9-4-13(20)11-16(17)21-18(23)12-26-15-7-5-14(6-8-15)22-10-2-3-19(22)24/h4-9,11H,2-3,10,12H2,1H3,(H,21,23). The van der Waals surface area contributed by atoms with Gasteiger partial charge in [0.25, 0.3) is 5.91 Å². The predicted molar refractivity (Wildman–Crippen MR) is 100 cm³/mol. The highest BCUT2D eigenvalue weighted by Gasteiger charge is 2.21. The quantitative estimate of drug-likeness (QED) is 0.840. The number of anilines is 2. The molecule has 3 rings (SSSR count). The zero-order valence-corrected chi connectivity index (χ0v) is 15.1. The van der Waals surface area contributed by atoms with E-state index in [1.54, 1.807) is 35.2 Å². The van der Waals surface area contributed by atoms with Gasteiger partial charge < -0.3 is 19.7 Å². The molecule has 1 fully saturated rings. The number of rotatable bonds is 6. The van der Waals surface area contributed by atoms with Crippen LogP contribution in [-0.2, 0) is 9.59 Å². The van der Waals surface area contributed by atoms with E-state index in [2.05, 4.69) is 5.32 Å². The summed E-state index contributed by atoms with van der Waals surface area (Å²) in [6.45, 7) is 0.584. The minimum absolute atomic E-state index is 0.133. The van der Waals surface area contributed by atoms with Gasteiger partial charge in [-0.15, -0.1) is 0 Å². The van der Waals surface area contributed by atoms with Crippen LogP contribution in [0.5, 0.6) is 11.5 Å². The van der Waals surface area contributed by atoms with E-state index in [-0.39, 0.29) is 18.4 Å². The third kappa shape index (κ3) is 4.26. The average Bonchev–Trinajstić information content (AvgIpc) is 3.07. The highest BCUT2D eigenvalue weighted by atomic mass is 35.5. The molecule has 2 aromatic rings. The van der Waals surface area contributed by atoms with Crippen LogP contribution >= 0.6 is 11.6 Å². The summed E-state index contributed by atoms with van der Waals surface area (Å²) in [5.41, 5.74) is 1.32. The molecule has 136 valence electrons.